The number of rotatable bonds is 5. The molecule has 2 aromatic carbocycles. The maximum atomic E-state index is 12.0. The maximum absolute atomic E-state index is 12.0. The molecule has 0 bridgehead atoms. The van der Waals surface area contributed by atoms with E-state index in [1.165, 1.54) is 0 Å². The highest BCUT2D eigenvalue weighted by Gasteiger charge is 2.12. The summed E-state index contributed by atoms with van der Waals surface area (Å²) in [5.41, 5.74) is 2.04. The molecule has 1 unspecified atom stereocenters. The SMILES string of the molecule is CCC(NC(=S)NC(=O)Cc1ccc(Cl)cc1)c1ccccc1. The average molecular weight is 347 g/mol. The van der Waals surface area contributed by atoms with Crippen LogP contribution in [0.5, 0.6) is 0 Å². The van der Waals surface area contributed by atoms with E-state index in [-0.39, 0.29) is 18.4 Å². The van der Waals surface area contributed by atoms with Crippen LogP contribution in [0.3, 0.4) is 0 Å². The summed E-state index contributed by atoms with van der Waals surface area (Å²) in [6, 6.07) is 17.3. The van der Waals surface area contributed by atoms with Crippen molar-refractivity contribution in [3.63, 3.8) is 0 Å². The van der Waals surface area contributed by atoms with Gasteiger partial charge in [-0.15, -0.1) is 0 Å². The highest BCUT2D eigenvalue weighted by atomic mass is 35.5. The standard InChI is InChI=1S/C18H19ClN2OS/c1-2-16(14-6-4-3-5-7-14)20-18(23)21-17(22)12-13-8-10-15(19)11-9-13/h3-11,16H,2,12H2,1H3,(H2,20,21,22,23). The minimum Gasteiger partial charge on any atom is -0.356 e. The van der Waals surface area contributed by atoms with Crippen LogP contribution < -0.4 is 10.6 Å². The van der Waals surface area contributed by atoms with E-state index in [1.54, 1.807) is 12.1 Å². The van der Waals surface area contributed by atoms with Crippen LogP contribution >= 0.6 is 23.8 Å². The first-order valence-corrected chi connectivity index (χ1v) is 8.27. The van der Waals surface area contributed by atoms with E-state index in [9.17, 15) is 4.79 Å². The predicted molar refractivity (Wildman–Crippen MR) is 98.5 cm³/mol. The molecule has 1 atom stereocenters. The molecule has 0 aliphatic rings. The average Bonchev–Trinajstić information content (AvgIpc) is 2.55. The molecule has 0 aromatic heterocycles. The Morgan fingerprint density at radius 3 is 2.39 bits per heavy atom. The van der Waals surface area contributed by atoms with Crippen molar-refractivity contribution < 1.29 is 4.79 Å². The molecular weight excluding hydrogens is 328 g/mol. The second-order valence-electron chi connectivity index (χ2n) is 5.20. The Bertz CT molecular complexity index is 658. The molecule has 3 nitrogen and oxygen atoms in total. The molecule has 0 radical (unpaired) electrons. The third kappa shape index (κ3) is 5.66. The number of benzene rings is 2. The lowest BCUT2D eigenvalue weighted by Gasteiger charge is -2.19. The number of hydrogen-bond acceptors (Lipinski definition) is 2. The van der Waals surface area contributed by atoms with Gasteiger partial charge in [-0.1, -0.05) is 61.0 Å². The van der Waals surface area contributed by atoms with Gasteiger partial charge in [-0.25, -0.2) is 0 Å². The predicted octanol–water partition coefficient (Wildman–Crippen LogP) is 4.02. The van der Waals surface area contributed by atoms with E-state index in [0.29, 0.717) is 10.1 Å². The van der Waals surface area contributed by atoms with Crippen molar-refractivity contribution >= 4 is 34.8 Å². The van der Waals surface area contributed by atoms with E-state index in [0.717, 1.165) is 17.5 Å². The van der Waals surface area contributed by atoms with Crippen LogP contribution in [0.15, 0.2) is 54.6 Å². The Kier molecular flexibility index (Phi) is 6.56. The van der Waals surface area contributed by atoms with Crippen molar-refractivity contribution in [1.82, 2.24) is 10.6 Å². The second kappa shape index (κ2) is 8.65. The van der Waals surface area contributed by atoms with Crippen molar-refractivity contribution in [1.29, 1.82) is 0 Å². The quantitative estimate of drug-likeness (QED) is 0.803. The van der Waals surface area contributed by atoms with Gasteiger partial charge in [0.1, 0.15) is 0 Å². The van der Waals surface area contributed by atoms with Crippen molar-refractivity contribution in [2.24, 2.45) is 0 Å². The van der Waals surface area contributed by atoms with Gasteiger partial charge in [-0.05, 0) is 41.9 Å². The lowest BCUT2D eigenvalue weighted by atomic mass is 10.1. The summed E-state index contributed by atoms with van der Waals surface area (Å²) >= 11 is 11.1. The van der Waals surface area contributed by atoms with Crippen molar-refractivity contribution in [2.45, 2.75) is 25.8 Å². The fourth-order valence-electron chi connectivity index (χ4n) is 2.26. The minimum absolute atomic E-state index is 0.0829. The van der Waals surface area contributed by atoms with Crippen LogP contribution in [-0.4, -0.2) is 11.0 Å². The molecule has 0 aliphatic heterocycles. The van der Waals surface area contributed by atoms with Crippen molar-refractivity contribution in [2.75, 3.05) is 0 Å². The zero-order valence-electron chi connectivity index (χ0n) is 12.9. The Balaban J connectivity index is 1.88. The smallest absolute Gasteiger partial charge is 0.230 e. The van der Waals surface area contributed by atoms with Crippen LogP contribution in [0.1, 0.15) is 30.5 Å². The van der Waals surface area contributed by atoms with E-state index in [2.05, 4.69) is 17.6 Å². The number of amides is 1. The molecular formula is C18H19ClN2OS. The van der Waals surface area contributed by atoms with Crippen LogP contribution in [0.25, 0.3) is 0 Å². The van der Waals surface area contributed by atoms with Gasteiger partial charge in [0.25, 0.3) is 0 Å². The van der Waals surface area contributed by atoms with E-state index < -0.39 is 0 Å². The van der Waals surface area contributed by atoms with Crippen LogP contribution in [0, 0.1) is 0 Å². The third-order valence-electron chi connectivity index (χ3n) is 3.45. The number of hydrogen-bond donors (Lipinski definition) is 2. The monoisotopic (exact) mass is 346 g/mol. The molecule has 0 fully saturated rings. The van der Waals surface area contributed by atoms with Crippen molar-refractivity contribution in [3.05, 3.63) is 70.7 Å². The number of halogens is 1. The fourth-order valence-corrected chi connectivity index (χ4v) is 2.64. The van der Waals surface area contributed by atoms with E-state index in [4.69, 9.17) is 23.8 Å². The van der Waals surface area contributed by atoms with E-state index >= 15 is 0 Å². The summed E-state index contributed by atoms with van der Waals surface area (Å²) in [4.78, 5) is 12.0. The van der Waals surface area contributed by atoms with Gasteiger partial charge in [0, 0.05) is 5.02 Å². The number of nitrogens with one attached hydrogen (secondary N) is 2. The number of carbonyl (C=O) groups excluding carboxylic acids is 1. The lowest BCUT2D eigenvalue weighted by Crippen LogP contribution is -2.41. The highest BCUT2D eigenvalue weighted by Crippen LogP contribution is 2.15. The molecule has 2 aromatic rings. The summed E-state index contributed by atoms with van der Waals surface area (Å²) in [5.74, 6) is -0.146. The molecule has 0 spiro atoms. The summed E-state index contributed by atoms with van der Waals surface area (Å²) in [6.45, 7) is 2.07. The highest BCUT2D eigenvalue weighted by molar-refractivity contribution is 7.80. The van der Waals surface area contributed by atoms with Crippen LogP contribution in [-0.2, 0) is 11.2 Å². The Hall–Kier alpha value is -1.91. The minimum atomic E-state index is -0.146. The topological polar surface area (TPSA) is 41.1 Å². The third-order valence-corrected chi connectivity index (χ3v) is 3.92. The molecule has 2 rings (SSSR count). The fraction of sp³-hybridized carbons (Fsp3) is 0.222. The van der Waals surface area contributed by atoms with Gasteiger partial charge >= 0.3 is 0 Å². The van der Waals surface area contributed by atoms with Gasteiger partial charge in [0.05, 0.1) is 12.5 Å². The first-order valence-electron chi connectivity index (χ1n) is 7.48. The lowest BCUT2D eigenvalue weighted by molar-refractivity contribution is -0.119. The van der Waals surface area contributed by atoms with Crippen molar-refractivity contribution in [3.8, 4) is 0 Å². The summed E-state index contributed by atoms with van der Waals surface area (Å²) in [6.07, 6.45) is 1.14. The molecule has 0 aliphatic carbocycles. The Morgan fingerprint density at radius 2 is 1.78 bits per heavy atom. The summed E-state index contributed by atoms with van der Waals surface area (Å²) in [7, 11) is 0. The normalized spacial score (nSPS) is 11.6. The van der Waals surface area contributed by atoms with Gasteiger partial charge in [-0.2, -0.15) is 0 Å². The van der Waals surface area contributed by atoms with Crippen LogP contribution in [0.2, 0.25) is 5.02 Å². The summed E-state index contributed by atoms with van der Waals surface area (Å²) in [5, 5.41) is 6.91. The molecule has 2 N–H and O–H groups in total. The zero-order valence-corrected chi connectivity index (χ0v) is 14.5. The first kappa shape index (κ1) is 17.4. The van der Waals surface area contributed by atoms with Gasteiger partial charge < -0.3 is 10.6 Å². The molecule has 23 heavy (non-hydrogen) atoms. The Morgan fingerprint density at radius 1 is 1.13 bits per heavy atom. The number of thiocarbonyl (C=S) groups is 1. The van der Waals surface area contributed by atoms with Gasteiger partial charge in [0.15, 0.2) is 5.11 Å². The van der Waals surface area contributed by atoms with Gasteiger partial charge in [-0.3, -0.25) is 4.79 Å². The summed E-state index contributed by atoms with van der Waals surface area (Å²) < 4.78 is 0. The second-order valence-corrected chi connectivity index (χ2v) is 6.04. The molecule has 0 saturated heterocycles. The first-order chi connectivity index (χ1) is 11.1. The largest absolute Gasteiger partial charge is 0.356 e. The maximum Gasteiger partial charge on any atom is 0.230 e. The molecule has 120 valence electrons. The molecule has 0 saturated carbocycles. The zero-order chi connectivity index (χ0) is 16.7. The van der Waals surface area contributed by atoms with Gasteiger partial charge in [0.2, 0.25) is 5.91 Å². The molecule has 0 heterocycles. The van der Waals surface area contributed by atoms with E-state index in [1.807, 2.05) is 42.5 Å². The molecule has 1 amide bonds. The number of carbonyl (C=O) groups is 1. The Labute approximate surface area is 147 Å². The molecule has 5 heteroatoms. The van der Waals surface area contributed by atoms with Crippen LogP contribution in [0.4, 0.5) is 0 Å².